The van der Waals surface area contributed by atoms with Crippen molar-refractivity contribution in [1.82, 2.24) is 14.9 Å². The van der Waals surface area contributed by atoms with Crippen molar-refractivity contribution in [2.24, 2.45) is 0 Å². The fraction of sp³-hybridized carbons (Fsp3) is 0.417. The quantitative estimate of drug-likeness (QED) is 0.796. The summed E-state index contributed by atoms with van der Waals surface area (Å²) >= 11 is 4.69. The summed E-state index contributed by atoms with van der Waals surface area (Å²) in [5, 5.41) is 4.78. The van der Waals surface area contributed by atoms with E-state index in [2.05, 4.69) is 9.97 Å². The lowest BCUT2D eigenvalue weighted by Crippen LogP contribution is -2.32. The third kappa shape index (κ3) is 2.98. The molecule has 0 bridgehead atoms. The van der Waals surface area contributed by atoms with E-state index in [-0.39, 0.29) is 5.91 Å². The molecule has 4 nitrogen and oxygen atoms in total. The zero-order valence-corrected chi connectivity index (χ0v) is 12.9. The van der Waals surface area contributed by atoms with Gasteiger partial charge in [-0.25, -0.2) is 9.97 Å². The summed E-state index contributed by atoms with van der Waals surface area (Å²) in [6, 6.07) is 0.371. The number of hydrogen-bond acceptors (Lipinski definition) is 6. The average Bonchev–Trinajstić information content (AvgIpc) is 2.95. The normalized spacial score (nSPS) is 14.6. The third-order valence-electron chi connectivity index (χ3n) is 2.91. The molecule has 1 fully saturated rings. The number of amides is 1. The number of thiazole rings is 2. The van der Waals surface area contributed by atoms with Gasteiger partial charge in [0, 0.05) is 23.0 Å². The predicted molar refractivity (Wildman–Crippen MR) is 78.9 cm³/mol. The van der Waals surface area contributed by atoms with Crippen LogP contribution in [0.4, 0.5) is 0 Å². The van der Waals surface area contributed by atoms with Crippen molar-refractivity contribution in [3.8, 4) is 0 Å². The maximum absolute atomic E-state index is 12.5. The number of rotatable bonds is 5. The predicted octanol–water partition coefficient (Wildman–Crippen LogP) is 3.13. The van der Waals surface area contributed by atoms with E-state index in [0.29, 0.717) is 18.3 Å². The Morgan fingerprint density at radius 2 is 2.37 bits per heavy atom. The Morgan fingerprint density at radius 3 is 2.95 bits per heavy atom. The minimum Gasteiger partial charge on any atom is -0.328 e. The van der Waals surface area contributed by atoms with Gasteiger partial charge in [-0.2, -0.15) is 0 Å². The van der Waals surface area contributed by atoms with Crippen LogP contribution in [0.1, 0.15) is 28.3 Å². The highest BCUT2D eigenvalue weighted by Crippen LogP contribution is 2.31. The lowest BCUT2D eigenvalue weighted by molar-refractivity contribution is 0.0724. The molecule has 1 amide bonds. The van der Waals surface area contributed by atoms with Crippen LogP contribution in [0.5, 0.6) is 0 Å². The minimum atomic E-state index is 0.0363. The molecule has 2 heterocycles. The molecule has 1 aliphatic carbocycles. The minimum absolute atomic E-state index is 0.0363. The Bertz CT molecular complexity index is 563. The van der Waals surface area contributed by atoms with E-state index >= 15 is 0 Å². The second-order valence-electron chi connectivity index (χ2n) is 4.29. The van der Waals surface area contributed by atoms with Crippen LogP contribution in [0.15, 0.2) is 21.3 Å². The number of carbonyl (C=O) groups excluding carboxylic acids is 1. The van der Waals surface area contributed by atoms with Gasteiger partial charge in [-0.3, -0.25) is 4.79 Å². The SMILES string of the molecule is CSc1nc(C(=O)N(Cc2nccs2)C2CC2)cs1. The fourth-order valence-corrected chi connectivity index (χ4v) is 3.68. The first-order chi connectivity index (χ1) is 9.28. The average molecular weight is 311 g/mol. The van der Waals surface area contributed by atoms with Crippen molar-refractivity contribution < 1.29 is 4.79 Å². The summed E-state index contributed by atoms with van der Waals surface area (Å²) in [5.41, 5.74) is 0.567. The highest BCUT2D eigenvalue weighted by atomic mass is 32.2. The Kier molecular flexibility index (Phi) is 3.86. The molecule has 100 valence electrons. The molecule has 19 heavy (non-hydrogen) atoms. The summed E-state index contributed by atoms with van der Waals surface area (Å²) in [7, 11) is 0. The molecule has 7 heteroatoms. The van der Waals surface area contributed by atoms with Crippen LogP contribution in [0.2, 0.25) is 0 Å². The Hall–Kier alpha value is -0.920. The lowest BCUT2D eigenvalue weighted by atomic mass is 10.3. The van der Waals surface area contributed by atoms with Gasteiger partial charge in [-0.1, -0.05) is 11.8 Å². The van der Waals surface area contributed by atoms with Crippen LogP contribution >= 0.6 is 34.4 Å². The lowest BCUT2D eigenvalue weighted by Gasteiger charge is -2.20. The zero-order chi connectivity index (χ0) is 13.2. The molecule has 0 radical (unpaired) electrons. The molecule has 2 aromatic heterocycles. The van der Waals surface area contributed by atoms with E-state index in [1.807, 2.05) is 21.9 Å². The highest BCUT2D eigenvalue weighted by molar-refractivity contribution is 8.00. The molecule has 0 saturated heterocycles. The molecule has 0 spiro atoms. The van der Waals surface area contributed by atoms with Crippen LogP contribution in [-0.2, 0) is 6.54 Å². The Balaban J connectivity index is 1.77. The van der Waals surface area contributed by atoms with Gasteiger partial charge in [0.2, 0.25) is 0 Å². The van der Waals surface area contributed by atoms with Gasteiger partial charge in [-0.05, 0) is 19.1 Å². The standard InChI is InChI=1S/C12H13N3OS3/c1-17-12-14-9(7-19-12)11(16)15(8-2-3-8)6-10-13-4-5-18-10/h4-5,7-8H,2-3,6H2,1H3. The van der Waals surface area contributed by atoms with Gasteiger partial charge >= 0.3 is 0 Å². The van der Waals surface area contributed by atoms with Crippen molar-refractivity contribution in [3.05, 3.63) is 27.7 Å². The monoisotopic (exact) mass is 311 g/mol. The van der Waals surface area contributed by atoms with Crippen molar-refractivity contribution in [2.75, 3.05) is 6.26 Å². The van der Waals surface area contributed by atoms with E-state index in [1.54, 1.807) is 29.3 Å². The van der Waals surface area contributed by atoms with Crippen molar-refractivity contribution in [1.29, 1.82) is 0 Å². The number of carbonyl (C=O) groups is 1. The molecule has 0 atom stereocenters. The smallest absolute Gasteiger partial charge is 0.274 e. The van der Waals surface area contributed by atoms with Gasteiger partial charge in [0.05, 0.1) is 6.54 Å². The van der Waals surface area contributed by atoms with Crippen LogP contribution in [-0.4, -0.2) is 33.1 Å². The molecule has 0 aromatic carbocycles. The summed E-state index contributed by atoms with van der Waals surface area (Å²) in [6.45, 7) is 0.604. The van der Waals surface area contributed by atoms with Crippen molar-refractivity contribution in [3.63, 3.8) is 0 Å². The Morgan fingerprint density at radius 1 is 1.53 bits per heavy atom. The zero-order valence-electron chi connectivity index (χ0n) is 10.4. The van der Waals surface area contributed by atoms with Gasteiger partial charge in [0.25, 0.3) is 5.91 Å². The first kappa shape index (κ1) is 13.1. The van der Waals surface area contributed by atoms with E-state index in [4.69, 9.17) is 0 Å². The number of aromatic nitrogens is 2. The van der Waals surface area contributed by atoms with Crippen LogP contribution in [0.25, 0.3) is 0 Å². The Labute approximate surface area is 123 Å². The molecule has 0 unspecified atom stereocenters. The van der Waals surface area contributed by atoms with Crippen LogP contribution in [0, 0.1) is 0 Å². The summed E-state index contributed by atoms with van der Waals surface area (Å²) in [6.07, 6.45) is 5.94. The molecule has 0 N–H and O–H groups in total. The second-order valence-corrected chi connectivity index (χ2v) is 7.18. The summed E-state index contributed by atoms with van der Waals surface area (Å²) in [5.74, 6) is 0.0363. The molecular weight excluding hydrogens is 298 g/mol. The fourth-order valence-electron chi connectivity index (χ4n) is 1.83. The van der Waals surface area contributed by atoms with E-state index in [9.17, 15) is 4.79 Å². The largest absolute Gasteiger partial charge is 0.328 e. The molecule has 3 rings (SSSR count). The molecule has 2 aromatic rings. The summed E-state index contributed by atoms with van der Waals surface area (Å²) in [4.78, 5) is 23.1. The topological polar surface area (TPSA) is 46.1 Å². The van der Waals surface area contributed by atoms with Gasteiger partial charge in [0.1, 0.15) is 15.0 Å². The van der Waals surface area contributed by atoms with Crippen LogP contribution in [0.3, 0.4) is 0 Å². The van der Waals surface area contributed by atoms with E-state index in [0.717, 1.165) is 22.2 Å². The first-order valence-electron chi connectivity index (χ1n) is 5.97. The van der Waals surface area contributed by atoms with Gasteiger partial charge in [0.15, 0.2) is 0 Å². The van der Waals surface area contributed by atoms with Crippen molar-refractivity contribution >= 4 is 40.3 Å². The van der Waals surface area contributed by atoms with Gasteiger partial charge in [-0.15, -0.1) is 22.7 Å². The number of hydrogen-bond donors (Lipinski definition) is 0. The highest BCUT2D eigenvalue weighted by Gasteiger charge is 2.34. The maximum Gasteiger partial charge on any atom is 0.274 e. The van der Waals surface area contributed by atoms with Gasteiger partial charge < -0.3 is 4.90 Å². The maximum atomic E-state index is 12.5. The number of nitrogens with zero attached hydrogens (tertiary/aromatic N) is 3. The molecular formula is C12H13N3OS3. The number of thioether (sulfide) groups is 1. The molecule has 1 aliphatic rings. The molecule has 1 saturated carbocycles. The first-order valence-corrected chi connectivity index (χ1v) is 8.95. The van der Waals surface area contributed by atoms with Crippen LogP contribution < -0.4 is 0 Å². The van der Waals surface area contributed by atoms with E-state index in [1.165, 1.54) is 11.3 Å². The third-order valence-corrected chi connectivity index (χ3v) is 5.54. The van der Waals surface area contributed by atoms with E-state index < -0.39 is 0 Å². The molecule has 0 aliphatic heterocycles. The second kappa shape index (κ2) is 5.60. The summed E-state index contributed by atoms with van der Waals surface area (Å²) < 4.78 is 0.938. The van der Waals surface area contributed by atoms with Crippen molar-refractivity contribution in [2.45, 2.75) is 29.8 Å².